The fraction of sp³-hybridized carbons (Fsp3) is 0.217. The molecule has 0 aliphatic carbocycles. The van der Waals surface area contributed by atoms with Crippen molar-refractivity contribution < 1.29 is 0 Å². The van der Waals surface area contributed by atoms with Crippen molar-refractivity contribution in [2.75, 3.05) is 0 Å². The van der Waals surface area contributed by atoms with Gasteiger partial charge in [0.25, 0.3) is 0 Å². The Bertz CT molecular complexity index is 780. The molecule has 0 nitrogen and oxygen atoms in total. The second-order valence-electron chi connectivity index (χ2n) is 7.15. The van der Waals surface area contributed by atoms with Crippen LogP contribution in [0.2, 0.25) is 0 Å². The molecule has 0 N–H and O–H groups in total. The van der Waals surface area contributed by atoms with Gasteiger partial charge in [0.2, 0.25) is 0 Å². The molecule has 0 aromatic heterocycles. The molecule has 0 saturated carbocycles. The van der Waals surface area contributed by atoms with Gasteiger partial charge in [-0.25, -0.2) is 0 Å². The Morgan fingerprint density at radius 2 is 1.33 bits per heavy atom. The van der Waals surface area contributed by atoms with Crippen molar-refractivity contribution in [3.63, 3.8) is 0 Å². The quantitative estimate of drug-likeness (QED) is 0.510. The second-order valence-corrected chi connectivity index (χ2v) is 8.26. The van der Waals surface area contributed by atoms with Crippen LogP contribution in [-0.2, 0) is 11.8 Å². The number of rotatable bonds is 4. The summed E-state index contributed by atoms with van der Waals surface area (Å²) in [6.07, 6.45) is 0.976. The van der Waals surface area contributed by atoms with Crippen LogP contribution in [0, 0.1) is 0 Å². The van der Waals surface area contributed by atoms with Crippen molar-refractivity contribution >= 4 is 11.8 Å². The molecule has 0 spiro atoms. The molecule has 0 unspecified atom stereocenters. The maximum absolute atomic E-state index is 2.25. The third kappa shape index (κ3) is 4.30. The smallest absolute Gasteiger partial charge is 0.0157 e. The van der Waals surface area contributed by atoms with Gasteiger partial charge < -0.3 is 0 Å². The summed E-state index contributed by atoms with van der Waals surface area (Å²) in [5.41, 5.74) is 4.32. The van der Waals surface area contributed by atoms with Crippen LogP contribution in [0.15, 0.2) is 88.7 Å². The first kappa shape index (κ1) is 16.9. The Morgan fingerprint density at radius 1 is 0.708 bits per heavy atom. The van der Waals surface area contributed by atoms with Crippen LogP contribution >= 0.6 is 11.8 Å². The van der Waals surface area contributed by atoms with Gasteiger partial charge in [0.15, 0.2) is 0 Å². The van der Waals surface area contributed by atoms with Crippen molar-refractivity contribution in [1.82, 2.24) is 0 Å². The van der Waals surface area contributed by atoms with E-state index in [0.717, 1.165) is 6.42 Å². The molecule has 0 saturated heterocycles. The van der Waals surface area contributed by atoms with Crippen molar-refractivity contribution in [3.05, 3.63) is 95.6 Å². The highest BCUT2D eigenvalue weighted by molar-refractivity contribution is 7.99. The molecule has 0 aliphatic heterocycles. The predicted octanol–water partition coefficient (Wildman–Crippen LogP) is 6.73. The van der Waals surface area contributed by atoms with Crippen LogP contribution in [-0.4, -0.2) is 0 Å². The molecular weight excluding hydrogens is 308 g/mol. The van der Waals surface area contributed by atoms with Gasteiger partial charge in [0.05, 0.1) is 0 Å². The first-order valence-electron chi connectivity index (χ1n) is 8.42. The number of benzene rings is 3. The Hall–Kier alpha value is -1.99. The summed E-state index contributed by atoms with van der Waals surface area (Å²) in [4.78, 5) is 2.63. The van der Waals surface area contributed by atoms with Crippen LogP contribution in [0.3, 0.4) is 0 Å². The summed E-state index contributed by atoms with van der Waals surface area (Å²) in [5.74, 6) is 0. The third-order valence-electron chi connectivity index (χ3n) is 4.16. The van der Waals surface area contributed by atoms with Crippen molar-refractivity contribution in [3.8, 4) is 0 Å². The zero-order valence-corrected chi connectivity index (χ0v) is 15.4. The Morgan fingerprint density at radius 3 is 2.00 bits per heavy atom. The summed E-state index contributed by atoms with van der Waals surface area (Å²) >= 11 is 1.85. The highest BCUT2D eigenvalue weighted by atomic mass is 32.2. The van der Waals surface area contributed by atoms with Crippen molar-refractivity contribution in [1.29, 1.82) is 0 Å². The molecule has 0 radical (unpaired) electrons. The first-order valence-corrected chi connectivity index (χ1v) is 9.24. The van der Waals surface area contributed by atoms with Crippen molar-refractivity contribution in [2.24, 2.45) is 0 Å². The van der Waals surface area contributed by atoms with Gasteiger partial charge in [-0.2, -0.15) is 0 Å². The molecule has 3 aromatic rings. The Labute approximate surface area is 149 Å². The number of hydrogen-bond acceptors (Lipinski definition) is 1. The predicted molar refractivity (Wildman–Crippen MR) is 105 cm³/mol. The standard InChI is InChI=1S/C23H24S/c1-23(2,3)20-13-15-21(16-14-20)24-22-12-8-7-11-19(22)17-18-9-5-4-6-10-18/h4-16H,17H2,1-3H3. The van der Waals surface area contributed by atoms with E-state index in [9.17, 15) is 0 Å². The van der Waals surface area contributed by atoms with Crippen LogP contribution in [0.4, 0.5) is 0 Å². The Balaban J connectivity index is 1.80. The summed E-state index contributed by atoms with van der Waals surface area (Å²) < 4.78 is 0. The van der Waals surface area contributed by atoms with E-state index in [-0.39, 0.29) is 5.41 Å². The first-order chi connectivity index (χ1) is 11.5. The fourth-order valence-corrected chi connectivity index (χ4v) is 3.66. The topological polar surface area (TPSA) is 0 Å². The van der Waals surface area contributed by atoms with Crippen LogP contribution in [0.5, 0.6) is 0 Å². The molecule has 0 aliphatic rings. The molecule has 0 atom stereocenters. The molecule has 122 valence electrons. The molecule has 3 aromatic carbocycles. The average Bonchev–Trinajstić information content (AvgIpc) is 2.57. The molecule has 1 heteroatoms. The minimum Gasteiger partial charge on any atom is -0.0898 e. The van der Waals surface area contributed by atoms with Gasteiger partial charge >= 0.3 is 0 Å². The minimum atomic E-state index is 0.203. The minimum absolute atomic E-state index is 0.203. The van der Waals surface area contributed by atoms with Crippen LogP contribution in [0.1, 0.15) is 37.5 Å². The van der Waals surface area contributed by atoms with E-state index in [4.69, 9.17) is 0 Å². The molecule has 0 heterocycles. The zero-order chi connectivity index (χ0) is 17.0. The average molecular weight is 333 g/mol. The van der Waals surface area contributed by atoms with E-state index in [1.54, 1.807) is 0 Å². The Kier molecular flexibility index (Phi) is 5.11. The van der Waals surface area contributed by atoms with E-state index in [0.29, 0.717) is 0 Å². The number of hydrogen-bond donors (Lipinski definition) is 0. The van der Waals surface area contributed by atoms with E-state index in [1.165, 1.54) is 26.5 Å². The molecule has 0 amide bonds. The highest BCUT2D eigenvalue weighted by Crippen LogP contribution is 2.33. The molecule has 0 bridgehead atoms. The maximum Gasteiger partial charge on any atom is 0.0157 e. The largest absolute Gasteiger partial charge is 0.0898 e. The van der Waals surface area contributed by atoms with Crippen LogP contribution in [0.25, 0.3) is 0 Å². The molecular formula is C23H24S. The summed E-state index contributed by atoms with van der Waals surface area (Å²) in [5, 5.41) is 0. The van der Waals surface area contributed by atoms with Gasteiger partial charge in [0.1, 0.15) is 0 Å². The SMILES string of the molecule is CC(C)(C)c1ccc(Sc2ccccc2Cc2ccccc2)cc1. The fourth-order valence-electron chi connectivity index (χ4n) is 2.72. The summed E-state index contributed by atoms with van der Waals surface area (Å²) in [6, 6.07) is 28.4. The van der Waals surface area contributed by atoms with E-state index < -0.39 is 0 Å². The molecule has 0 fully saturated rings. The maximum atomic E-state index is 2.25. The molecule has 24 heavy (non-hydrogen) atoms. The second kappa shape index (κ2) is 7.27. The summed E-state index contributed by atoms with van der Waals surface area (Å²) in [6.45, 7) is 6.76. The van der Waals surface area contributed by atoms with E-state index >= 15 is 0 Å². The van der Waals surface area contributed by atoms with Gasteiger partial charge in [0, 0.05) is 9.79 Å². The van der Waals surface area contributed by atoms with Crippen LogP contribution < -0.4 is 0 Å². The summed E-state index contributed by atoms with van der Waals surface area (Å²) in [7, 11) is 0. The van der Waals surface area contributed by atoms with Crippen molar-refractivity contribution in [2.45, 2.75) is 42.4 Å². The lowest BCUT2D eigenvalue weighted by molar-refractivity contribution is 0.590. The van der Waals surface area contributed by atoms with Gasteiger partial charge in [-0.05, 0) is 46.7 Å². The lowest BCUT2D eigenvalue weighted by Crippen LogP contribution is -2.10. The van der Waals surface area contributed by atoms with Gasteiger partial charge in [-0.1, -0.05) is 93.2 Å². The highest BCUT2D eigenvalue weighted by Gasteiger charge is 2.13. The van der Waals surface area contributed by atoms with E-state index in [1.807, 2.05) is 11.8 Å². The third-order valence-corrected chi connectivity index (χ3v) is 5.28. The normalized spacial score (nSPS) is 11.5. The van der Waals surface area contributed by atoms with E-state index in [2.05, 4.69) is 99.6 Å². The monoisotopic (exact) mass is 332 g/mol. The zero-order valence-electron chi connectivity index (χ0n) is 14.6. The van der Waals surface area contributed by atoms with Gasteiger partial charge in [-0.3, -0.25) is 0 Å². The lowest BCUT2D eigenvalue weighted by Gasteiger charge is -2.19. The molecule has 3 rings (SSSR count). The lowest BCUT2D eigenvalue weighted by atomic mass is 9.87. The van der Waals surface area contributed by atoms with Gasteiger partial charge in [-0.15, -0.1) is 0 Å².